The maximum absolute atomic E-state index is 13.3. The fourth-order valence-electron chi connectivity index (χ4n) is 5.06. The molecule has 210 valence electrons. The Bertz CT molecular complexity index is 1280. The van der Waals surface area contributed by atoms with Crippen LogP contribution in [0.25, 0.3) is 0 Å². The van der Waals surface area contributed by atoms with E-state index in [2.05, 4.69) is 48.9 Å². The average molecular weight is 533 g/mol. The van der Waals surface area contributed by atoms with Gasteiger partial charge in [0, 0.05) is 28.8 Å². The number of rotatable bonds is 12. The number of nitrogens with one attached hydrogen (secondary N) is 1. The lowest BCUT2D eigenvalue weighted by molar-refractivity contribution is -0.128. The van der Waals surface area contributed by atoms with E-state index in [0.29, 0.717) is 18.8 Å². The number of aromatic nitrogens is 1. The molecule has 1 heterocycles. The normalized spacial score (nSPS) is 11.8. The molecule has 0 fully saturated rings. The largest absolute Gasteiger partial charge is 0.494 e. The zero-order valence-corrected chi connectivity index (χ0v) is 24.8. The third-order valence-electron chi connectivity index (χ3n) is 7.57. The average Bonchev–Trinajstić information content (AvgIpc) is 3.34. The van der Waals surface area contributed by atoms with E-state index in [4.69, 9.17) is 9.47 Å². The molecule has 0 radical (unpaired) electrons. The number of carbonyl (C=O) groups is 2. The van der Waals surface area contributed by atoms with Crippen LogP contribution in [0, 0.1) is 12.3 Å². The maximum Gasteiger partial charge on any atom is 0.272 e. The van der Waals surface area contributed by atoms with Crippen molar-refractivity contribution in [3.63, 3.8) is 0 Å². The topological polar surface area (TPSA) is 69.6 Å². The third-order valence-corrected chi connectivity index (χ3v) is 7.57. The molecule has 6 heteroatoms. The van der Waals surface area contributed by atoms with E-state index in [1.165, 1.54) is 5.56 Å². The van der Waals surface area contributed by atoms with Crippen LogP contribution < -0.4 is 14.8 Å². The van der Waals surface area contributed by atoms with Gasteiger partial charge in [-0.3, -0.25) is 9.59 Å². The van der Waals surface area contributed by atoms with E-state index in [0.717, 1.165) is 41.3 Å². The highest BCUT2D eigenvalue weighted by molar-refractivity contribution is 6.03. The van der Waals surface area contributed by atoms with Gasteiger partial charge in [-0.15, -0.1) is 0 Å². The quantitative estimate of drug-likeness (QED) is 0.261. The van der Waals surface area contributed by atoms with Gasteiger partial charge in [0.1, 0.15) is 23.8 Å². The monoisotopic (exact) mass is 532 g/mol. The number of ketones is 1. The highest BCUT2D eigenvalue weighted by atomic mass is 16.5. The number of benzene rings is 2. The summed E-state index contributed by atoms with van der Waals surface area (Å²) in [5.74, 6) is 1.42. The van der Waals surface area contributed by atoms with Gasteiger partial charge in [0.05, 0.1) is 6.61 Å². The summed E-state index contributed by atoms with van der Waals surface area (Å²) in [6, 6.07) is 17.7. The van der Waals surface area contributed by atoms with Gasteiger partial charge < -0.3 is 19.4 Å². The molecule has 3 rings (SSSR count). The van der Waals surface area contributed by atoms with Crippen molar-refractivity contribution in [1.82, 2.24) is 4.57 Å². The highest BCUT2D eigenvalue weighted by Gasteiger charge is 2.35. The van der Waals surface area contributed by atoms with E-state index in [9.17, 15) is 9.59 Å². The molecule has 0 saturated heterocycles. The summed E-state index contributed by atoms with van der Waals surface area (Å²) in [5.41, 5.74) is 3.91. The molecule has 0 aliphatic carbocycles. The maximum atomic E-state index is 13.3. The molecular formula is C33H44N2O4. The van der Waals surface area contributed by atoms with Gasteiger partial charge >= 0.3 is 0 Å². The fourth-order valence-corrected chi connectivity index (χ4v) is 5.06. The van der Waals surface area contributed by atoms with Gasteiger partial charge in [-0.1, -0.05) is 46.8 Å². The molecule has 39 heavy (non-hydrogen) atoms. The lowest BCUT2D eigenvalue weighted by Crippen LogP contribution is -2.31. The van der Waals surface area contributed by atoms with E-state index in [1.807, 2.05) is 71.0 Å². The van der Waals surface area contributed by atoms with Crippen LogP contribution in [0.5, 0.6) is 11.5 Å². The molecule has 0 bridgehead atoms. The van der Waals surface area contributed by atoms with Crippen LogP contribution in [0.2, 0.25) is 0 Å². The Morgan fingerprint density at radius 1 is 0.872 bits per heavy atom. The molecule has 0 spiro atoms. The summed E-state index contributed by atoms with van der Waals surface area (Å²) in [6.45, 7) is 17.5. The number of amides is 1. The number of Topliss-reactive ketones (excluding diaryl/α,β-unsaturated/α-hetero) is 1. The molecule has 2 aromatic carbocycles. The van der Waals surface area contributed by atoms with Crippen molar-refractivity contribution in [2.24, 2.45) is 5.41 Å². The summed E-state index contributed by atoms with van der Waals surface area (Å²) in [4.78, 5) is 25.7. The number of hydrogen-bond acceptors (Lipinski definition) is 4. The second-order valence-corrected chi connectivity index (χ2v) is 11.0. The van der Waals surface area contributed by atoms with Crippen molar-refractivity contribution < 1.29 is 19.1 Å². The van der Waals surface area contributed by atoms with Crippen molar-refractivity contribution in [1.29, 1.82) is 0 Å². The summed E-state index contributed by atoms with van der Waals surface area (Å²) in [5, 5.41) is 3.03. The standard InChI is InChI=1S/C33H44N2O4/c1-9-33(10-2,24-13-19-28(23(5)21-24)39-22-30(36)32(6,7)8)29-20-18-27(35(29)11-3)31(37)34-25-14-16-26(17-15-25)38-12-4/h13-21H,9-12,22H2,1-8H3,(H,34,37). The minimum atomic E-state index is -0.435. The highest BCUT2D eigenvalue weighted by Crippen LogP contribution is 2.41. The lowest BCUT2D eigenvalue weighted by atomic mass is 9.72. The summed E-state index contributed by atoms with van der Waals surface area (Å²) in [7, 11) is 0. The molecule has 3 aromatic rings. The van der Waals surface area contributed by atoms with E-state index < -0.39 is 5.41 Å². The van der Waals surface area contributed by atoms with Crippen molar-refractivity contribution >= 4 is 17.4 Å². The number of nitrogens with zero attached hydrogens (tertiary/aromatic N) is 1. The first-order chi connectivity index (χ1) is 18.5. The number of hydrogen-bond donors (Lipinski definition) is 1. The number of anilines is 1. The molecule has 0 atom stereocenters. The SMILES string of the molecule is CCOc1ccc(NC(=O)c2ccc(C(CC)(CC)c3ccc(OCC(=O)C(C)(C)C)c(C)c3)n2CC)cc1. The van der Waals surface area contributed by atoms with Gasteiger partial charge in [0.25, 0.3) is 5.91 Å². The van der Waals surface area contributed by atoms with E-state index in [-0.39, 0.29) is 23.7 Å². The third kappa shape index (κ3) is 6.55. The van der Waals surface area contributed by atoms with Crippen molar-refractivity contribution in [3.05, 3.63) is 77.1 Å². The minimum absolute atomic E-state index is 0.0574. The molecule has 0 saturated carbocycles. The Balaban J connectivity index is 1.91. The van der Waals surface area contributed by atoms with Gasteiger partial charge in [0.15, 0.2) is 5.78 Å². The van der Waals surface area contributed by atoms with Crippen molar-refractivity contribution in [2.45, 2.75) is 80.2 Å². The van der Waals surface area contributed by atoms with Crippen molar-refractivity contribution in [3.8, 4) is 11.5 Å². The Morgan fingerprint density at radius 2 is 1.54 bits per heavy atom. The Hall–Kier alpha value is -3.54. The first-order valence-corrected chi connectivity index (χ1v) is 14.0. The van der Waals surface area contributed by atoms with Crippen LogP contribution in [-0.2, 0) is 16.8 Å². The Labute approximate surface area is 233 Å². The van der Waals surface area contributed by atoms with Gasteiger partial charge in [-0.25, -0.2) is 0 Å². The molecular weight excluding hydrogens is 488 g/mol. The van der Waals surface area contributed by atoms with Crippen LogP contribution in [-0.4, -0.2) is 29.5 Å². The van der Waals surface area contributed by atoms with Crippen LogP contribution in [0.3, 0.4) is 0 Å². The summed E-state index contributed by atoms with van der Waals surface area (Å²) < 4.78 is 13.5. The van der Waals surface area contributed by atoms with E-state index in [1.54, 1.807) is 0 Å². The molecule has 0 unspecified atom stereocenters. The number of aryl methyl sites for hydroxylation is 1. The second-order valence-electron chi connectivity index (χ2n) is 11.0. The molecule has 1 aromatic heterocycles. The zero-order valence-electron chi connectivity index (χ0n) is 24.8. The number of carbonyl (C=O) groups excluding carboxylic acids is 2. The van der Waals surface area contributed by atoms with Gasteiger partial charge in [0.2, 0.25) is 0 Å². The molecule has 1 amide bonds. The first-order valence-electron chi connectivity index (χ1n) is 14.0. The van der Waals surface area contributed by atoms with Gasteiger partial charge in [-0.05, 0) is 87.2 Å². The Kier molecular flexibility index (Phi) is 9.65. The van der Waals surface area contributed by atoms with E-state index >= 15 is 0 Å². The summed E-state index contributed by atoms with van der Waals surface area (Å²) in [6.07, 6.45) is 1.74. The van der Waals surface area contributed by atoms with Crippen LogP contribution in [0.4, 0.5) is 5.69 Å². The molecule has 0 aliphatic heterocycles. The molecule has 1 N–H and O–H groups in total. The predicted octanol–water partition coefficient (Wildman–Crippen LogP) is 7.57. The van der Waals surface area contributed by atoms with Crippen molar-refractivity contribution in [2.75, 3.05) is 18.5 Å². The smallest absolute Gasteiger partial charge is 0.272 e. The van der Waals surface area contributed by atoms with Crippen LogP contribution in [0.15, 0.2) is 54.6 Å². The van der Waals surface area contributed by atoms with Crippen LogP contribution in [0.1, 0.15) is 88.6 Å². The lowest BCUT2D eigenvalue weighted by Gasteiger charge is -2.34. The van der Waals surface area contributed by atoms with Gasteiger partial charge in [-0.2, -0.15) is 0 Å². The first kappa shape index (κ1) is 30.0. The predicted molar refractivity (Wildman–Crippen MR) is 158 cm³/mol. The molecule has 0 aliphatic rings. The fraction of sp³-hybridized carbons (Fsp3) is 0.455. The second kappa shape index (κ2) is 12.5. The van der Waals surface area contributed by atoms with Crippen LogP contribution >= 0.6 is 0 Å². The summed E-state index contributed by atoms with van der Waals surface area (Å²) >= 11 is 0. The number of ether oxygens (including phenoxy) is 2. The zero-order chi connectivity index (χ0) is 28.8. The minimum Gasteiger partial charge on any atom is -0.494 e. The molecule has 6 nitrogen and oxygen atoms in total. The Morgan fingerprint density at radius 3 is 2.08 bits per heavy atom.